The summed E-state index contributed by atoms with van der Waals surface area (Å²) in [6, 6.07) is 20.9. The second kappa shape index (κ2) is 4.52. The van der Waals surface area contributed by atoms with Gasteiger partial charge < -0.3 is 0 Å². The van der Waals surface area contributed by atoms with E-state index < -0.39 is 0 Å². The van der Waals surface area contributed by atoms with Crippen LogP contribution in [0.4, 0.5) is 0 Å². The van der Waals surface area contributed by atoms with Crippen molar-refractivity contribution in [1.82, 2.24) is 0 Å². The van der Waals surface area contributed by atoms with E-state index in [9.17, 15) is 0 Å². The van der Waals surface area contributed by atoms with Crippen molar-refractivity contribution in [1.29, 1.82) is 0 Å². The van der Waals surface area contributed by atoms with Gasteiger partial charge in [0, 0.05) is 25.0 Å². The number of rotatable bonds is 3. The van der Waals surface area contributed by atoms with Crippen molar-refractivity contribution in [2.24, 2.45) is 0 Å². The lowest BCUT2D eigenvalue weighted by molar-refractivity contribution is 1.17. The molecule has 2 rings (SSSR count). The Hall–Kier alpha value is -1.69. The summed E-state index contributed by atoms with van der Waals surface area (Å²) >= 11 is 0. The summed E-state index contributed by atoms with van der Waals surface area (Å²) in [5.41, 5.74) is 2.65. The minimum Gasteiger partial charge on any atom is -0.0622 e. The zero-order valence-electron chi connectivity index (χ0n) is 8.06. The van der Waals surface area contributed by atoms with Crippen molar-refractivity contribution in [2.45, 2.75) is 6.42 Å². The molecule has 0 aliphatic heterocycles. The lowest BCUT2D eigenvalue weighted by Crippen LogP contribution is -1.87. The molecule has 0 saturated heterocycles. The molecule has 2 aromatic carbocycles. The van der Waals surface area contributed by atoms with Crippen LogP contribution >= 0.6 is 0 Å². The third-order valence-electron chi connectivity index (χ3n) is 2.22. The van der Waals surface area contributed by atoms with Gasteiger partial charge in [-0.15, -0.1) is 0 Å². The van der Waals surface area contributed by atoms with Gasteiger partial charge in [-0.05, 0) is 23.8 Å². The van der Waals surface area contributed by atoms with E-state index >= 15 is 0 Å². The average molecular weight is 181 g/mol. The van der Waals surface area contributed by atoms with Gasteiger partial charge in [0.1, 0.15) is 5.56 Å². The van der Waals surface area contributed by atoms with Crippen molar-refractivity contribution in [3.8, 4) is 0 Å². The fourth-order valence-corrected chi connectivity index (χ4v) is 1.44. The maximum atomic E-state index is 2.25. The van der Waals surface area contributed by atoms with Crippen LogP contribution in [0.1, 0.15) is 11.1 Å². The van der Waals surface area contributed by atoms with E-state index in [0.29, 0.717) is 0 Å². The topological polar surface area (TPSA) is 0 Å². The van der Waals surface area contributed by atoms with Crippen LogP contribution in [0.25, 0.3) is 0 Å². The van der Waals surface area contributed by atoms with Gasteiger partial charge in [0.05, 0.1) is 0 Å². The SMILES string of the molecule is c1ccc([CH+]Cc2ccccc2)cc1. The lowest BCUT2D eigenvalue weighted by atomic mass is 10.0. The molecule has 0 amide bonds. The summed E-state index contributed by atoms with van der Waals surface area (Å²) in [4.78, 5) is 0. The quantitative estimate of drug-likeness (QED) is 0.636. The van der Waals surface area contributed by atoms with Gasteiger partial charge in [-0.3, -0.25) is 0 Å². The molecule has 0 aliphatic rings. The van der Waals surface area contributed by atoms with E-state index in [1.165, 1.54) is 11.1 Å². The molecule has 68 valence electrons. The highest BCUT2D eigenvalue weighted by Gasteiger charge is 2.00. The van der Waals surface area contributed by atoms with Gasteiger partial charge in [-0.25, -0.2) is 0 Å². The van der Waals surface area contributed by atoms with E-state index in [0.717, 1.165) is 6.42 Å². The summed E-state index contributed by atoms with van der Waals surface area (Å²) in [5, 5.41) is 0. The van der Waals surface area contributed by atoms with Gasteiger partial charge >= 0.3 is 0 Å². The van der Waals surface area contributed by atoms with Crippen LogP contribution in [0, 0.1) is 6.42 Å². The predicted octanol–water partition coefficient (Wildman–Crippen LogP) is 3.48. The Morgan fingerprint density at radius 3 is 1.93 bits per heavy atom. The van der Waals surface area contributed by atoms with Crippen LogP contribution in [0.5, 0.6) is 0 Å². The Kier molecular flexibility index (Phi) is 2.87. The van der Waals surface area contributed by atoms with Crippen molar-refractivity contribution >= 4 is 0 Å². The molecule has 14 heavy (non-hydrogen) atoms. The fraction of sp³-hybridized carbons (Fsp3) is 0.0714. The van der Waals surface area contributed by atoms with Gasteiger partial charge in [0.15, 0.2) is 0 Å². The first-order valence-electron chi connectivity index (χ1n) is 4.87. The fourth-order valence-electron chi connectivity index (χ4n) is 1.44. The Bertz CT molecular complexity index is 322. The monoisotopic (exact) mass is 181 g/mol. The highest BCUT2D eigenvalue weighted by Crippen LogP contribution is 2.08. The summed E-state index contributed by atoms with van der Waals surface area (Å²) in [6.07, 6.45) is 3.25. The first-order chi connectivity index (χ1) is 6.95. The van der Waals surface area contributed by atoms with Gasteiger partial charge in [0.25, 0.3) is 0 Å². The Labute approximate surface area is 85.2 Å². The normalized spacial score (nSPS) is 9.71. The third-order valence-corrected chi connectivity index (χ3v) is 2.22. The molecule has 0 bridgehead atoms. The standard InChI is InChI=1S/C14H13/c1-3-7-13(8-4-1)11-12-14-9-5-2-6-10-14/h1-11H,12H2/q+1. The number of benzene rings is 2. The average Bonchev–Trinajstić information content (AvgIpc) is 2.29. The predicted molar refractivity (Wildman–Crippen MR) is 60.0 cm³/mol. The largest absolute Gasteiger partial charge is 0.130 e. The maximum Gasteiger partial charge on any atom is 0.130 e. The van der Waals surface area contributed by atoms with E-state index in [2.05, 4.69) is 55.0 Å². The van der Waals surface area contributed by atoms with Crippen LogP contribution in [0.3, 0.4) is 0 Å². The number of hydrogen-bond acceptors (Lipinski definition) is 0. The van der Waals surface area contributed by atoms with E-state index in [-0.39, 0.29) is 0 Å². The molecule has 0 N–H and O–H groups in total. The minimum absolute atomic E-state index is 1.00. The molecule has 0 aliphatic carbocycles. The highest BCUT2D eigenvalue weighted by molar-refractivity contribution is 5.26. The van der Waals surface area contributed by atoms with Gasteiger partial charge in [-0.1, -0.05) is 30.3 Å². The zero-order valence-corrected chi connectivity index (χ0v) is 8.06. The molecule has 0 atom stereocenters. The van der Waals surface area contributed by atoms with Crippen molar-refractivity contribution in [3.63, 3.8) is 0 Å². The van der Waals surface area contributed by atoms with Crippen LogP contribution in [-0.4, -0.2) is 0 Å². The summed E-state index contributed by atoms with van der Waals surface area (Å²) < 4.78 is 0. The smallest absolute Gasteiger partial charge is 0.0622 e. The number of hydrogen-bond donors (Lipinski definition) is 0. The molecule has 0 nitrogen and oxygen atoms in total. The van der Waals surface area contributed by atoms with Crippen LogP contribution in [0.15, 0.2) is 60.7 Å². The first-order valence-corrected chi connectivity index (χ1v) is 4.87. The van der Waals surface area contributed by atoms with Crippen molar-refractivity contribution in [2.75, 3.05) is 0 Å². The first kappa shape index (κ1) is 8.89. The summed E-state index contributed by atoms with van der Waals surface area (Å²) in [7, 11) is 0. The van der Waals surface area contributed by atoms with Gasteiger partial charge in [0.2, 0.25) is 0 Å². The molecule has 0 saturated carbocycles. The third kappa shape index (κ3) is 2.40. The Morgan fingerprint density at radius 1 is 0.714 bits per heavy atom. The molecular formula is C14H13+. The van der Waals surface area contributed by atoms with Crippen molar-refractivity contribution < 1.29 is 0 Å². The zero-order chi connectivity index (χ0) is 9.64. The van der Waals surface area contributed by atoms with E-state index in [4.69, 9.17) is 0 Å². The highest BCUT2D eigenvalue weighted by atomic mass is 14.0. The lowest BCUT2D eigenvalue weighted by Gasteiger charge is -1.95. The second-order valence-corrected chi connectivity index (χ2v) is 3.30. The molecule has 0 heterocycles. The Morgan fingerprint density at radius 2 is 1.29 bits per heavy atom. The van der Waals surface area contributed by atoms with Crippen LogP contribution in [-0.2, 0) is 6.42 Å². The molecule has 0 fully saturated rings. The molecule has 0 radical (unpaired) electrons. The molecule has 2 aromatic rings. The minimum atomic E-state index is 1.00. The summed E-state index contributed by atoms with van der Waals surface area (Å²) in [6.45, 7) is 0. The van der Waals surface area contributed by atoms with Crippen molar-refractivity contribution in [3.05, 3.63) is 78.2 Å². The van der Waals surface area contributed by atoms with E-state index in [1.807, 2.05) is 12.1 Å². The molecule has 0 unspecified atom stereocenters. The second-order valence-electron chi connectivity index (χ2n) is 3.30. The van der Waals surface area contributed by atoms with Crippen LogP contribution < -0.4 is 0 Å². The maximum absolute atomic E-state index is 2.25. The molecule has 0 spiro atoms. The Balaban J connectivity index is 1.96. The molecule has 0 aromatic heterocycles. The summed E-state index contributed by atoms with van der Waals surface area (Å²) in [5.74, 6) is 0. The van der Waals surface area contributed by atoms with Crippen LogP contribution in [0.2, 0.25) is 0 Å². The molecular weight excluding hydrogens is 168 g/mol. The molecule has 0 heteroatoms. The van der Waals surface area contributed by atoms with E-state index in [1.54, 1.807) is 0 Å². The van der Waals surface area contributed by atoms with Gasteiger partial charge in [-0.2, -0.15) is 0 Å².